The van der Waals surface area contributed by atoms with Crippen molar-refractivity contribution in [2.45, 2.75) is 0 Å². The number of rotatable bonds is 4. The van der Waals surface area contributed by atoms with Crippen LogP contribution < -0.4 is 0 Å². The highest BCUT2D eigenvalue weighted by Gasteiger charge is 2.19. The highest BCUT2D eigenvalue weighted by molar-refractivity contribution is 7.21. The first-order chi connectivity index (χ1) is 11.1. The lowest BCUT2D eigenvalue weighted by Crippen LogP contribution is -2.13. The second-order valence-electron chi connectivity index (χ2n) is 4.75. The first-order valence-corrected chi connectivity index (χ1v) is 7.88. The number of esters is 1. The Hall–Kier alpha value is -2.24. The topological polar surface area (TPSA) is 43.4 Å². The van der Waals surface area contributed by atoms with Crippen LogP contribution in [0, 0.1) is 5.82 Å². The fourth-order valence-corrected chi connectivity index (χ4v) is 3.46. The number of thiophene rings is 1. The number of ether oxygens (including phenoxy) is 1. The molecule has 3 rings (SSSR count). The second kappa shape index (κ2) is 6.48. The molecule has 0 aliphatic carbocycles. The zero-order chi connectivity index (χ0) is 16.4. The van der Waals surface area contributed by atoms with Crippen molar-refractivity contribution in [3.63, 3.8) is 0 Å². The molecule has 23 heavy (non-hydrogen) atoms. The van der Waals surface area contributed by atoms with Crippen LogP contribution in [-0.4, -0.2) is 18.4 Å². The molecule has 0 aliphatic rings. The van der Waals surface area contributed by atoms with Crippen molar-refractivity contribution in [2.75, 3.05) is 6.61 Å². The van der Waals surface area contributed by atoms with Gasteiger partial charge in [0.25, 0.3) is 0 Å². The van der Waals surface area contributed by atoms with E-state index in [-0.39, 0.29) is 10.4 Å². The summed E-state index contributed by atoms with van der Waals surface area (Å²) in [6, 6.07) is 12.4. The van der Waals surface area contributed by atoms with Gasteiger partial charge in [-0.1, -0.05) is 29.8 Å². The van der Waals surface area contributed by atoms with Gasteiger partial charge in [0.15, 0.2) is 12.4 Å². The Morgan fingerprint density at radius 2 is 1.78 bits per heavy atom. The SMILES string of the molecule is O=C(COC(=O)c1sc2ccccc2c1Cl)c1ccc(F)cc1. The van der Waals surface area contributed by atoms with Crippen molar-refractivity contribution >= 4 is 44.8 Å². The van der Waals surface area contributed by atoms with E-state index < -0.39 is 24.2 Å². The molecule has 0 amide bonds. The van der Waals surface area contributed by atoms with Crippen LogP contribution >= 0.6 is 22.9 Å². The zero-order valence-corrected chi connectivity index (χ0v) is 13.3. The van der Waals surface area contributed by atoms with Crippen molar-refractivity contribution in [1.82, 2.24) is 0 Å². The van der Waals surface area contributed by atoms with E-state index in [0.29, 0.717) is 5.02 Å². The summed E-state index contributed by atoms with van der Waals surface area (Å²) in [5.41, 5.74) is 0.279. The van der Waals surface area contributed by atoms with Crippen LogP contribution in [0.15, 0.2) is 48.5 Å². The summed E-state index contributed by atoms with van der Waals surface area (Å²) in [5.74, 6) is -1.49. The molecule has 116 valence electrons. The highest BCUT2D eigenvalue weighted by Crippen LogP contribution is 2.35. The maximum atomic E-state index is 12.8. The van der Waals surface area contributed by atoms with Gasteiger partial charge >= 0.3 is 5.97 Å². The van der Waals surface area contributed by atoms with Crippen LogP contribution in [0.25, 0.3) is 10.1 Å². The van der Waals surface area contributed by atoms with Gasteiger partial charge in [-0.15, -0.1) is 11.3 Å². The number of hydrogen-bond donors (Lipinski definition) is 0. The number of ketones is 1. The Kier molecular flexibility index (Phi) is 4.41. The van der Waals surface area contributed by atoms with E-state index in [9.17, 15) is 14.0 Å². The van der Waals surface area contributed by atoms with Gasteiger partial charge in [0.2, 0.25) is 0 Å². The normalized spacial score (nSPS) is 10.7. The van der Waals surface area contributed by atoms with Crippen molar-refractivity contribution in [3.8, 4) is 0 Å². The number of fused-ring (bicyclic) bond motifs is 1. The second-order valence-corrected chi connectivity index (χ2v) is 6.18. The Labute approximate surface area is 140 Å². The van der Waals surface area contributed by atoms with Crippen molar-refractivity contribution in [1.29, 1.82) is 0 Å². The number of carbonyl (C=O) groups excluding carboxylic acids is 2. The van der Waals surface area contributed by atoms with E-state index in [1.807, 2.05) is 24.3 Å². The molecule has 0 radical (unpaired) electrons. The molecule has 2 aromatic carbocycles. The number of hydrogen-bond acceptors (Lipinski definition) is 4. The van der Waals surface area contributed by atoms with Gasteiger partial charge in [0, 0.05) is 15.6 Å². The van der Waals surface area contributed by atoms with Crippen molar-refractivity contribution < 1.29 is 18.7 Å². The summed E-state index contributed by atoms with van der Waals surface area (Å²) in [7, 11) is 0. The van der Waals surface area contributed by atoms with E-state index in [0.717, 1.165) is 10.1 Å². The zero-order valence-electron chi connectivity index (χ0n) is 11.7. The third kappa shape index (κ3) is 3.25. The molecule has 0 spiro atoms. The molecule has 0 saturated carbocycles. The van der Waals surface area contributed by atoms with Gasteiger partial charge < -0.3 is 4.74 Å². The van der Waals surface area contributed by atoms with E-state index in [2.05, 4.69) is 0 Å². The number of carbonyl (C=O) groups is 2. The third-order valence-corrected chi connectivity index (χ3v) is 4.88. The van der Waals surface area contributed by atoms with Crippen LogP contribution in [0.4, 0.5) is 4.39 Å². The molecule has 0 N–H and O–H groups in total. The van der Waals surface area contributed by atoms with Gasteiger partial charge in [-0.25, -0.2) is 9.18 Å². The molecular weight excluding hydrogens is 339 g/mol. The minimum Gasteiger partial charge on any atom is -0.453 e. The van der Waals surface area contributed by atoms with Crippen LogP contribution in [0.5, 0.6) is 0 Å². The van der Waals surface area contributed by atoms with E-state index >= 15 is 0 Å². The first kappa shape index (κ1) is 15.6. The fourth-order valence-electron chi connectivity index (χ4n) is 2.06. The predicted molar refractivity (Wildman–Crippen MR) is 87.8 cm³/mol. The molecule has 3 aromatic rings. The van der Waals surface area contributed by atoms with E-state index in [4.69, 9.17) is 16.3 Å². The molecule has 1 aromatic heterocycles. The summed E-state index contributed by atoms with van der Waals surface area (Å²) in [4.78, 5) is 24.3. The number of Topliss-reactive ketones (excluding diaryl/α,β-unsaturated/α-hetero) is 1. The standard InChI is InChI=1S/C17H10ClFO3S/c18-15-12-3-1-2-4-14(12)23-16(15)17(21)22-9-13(20)10-5-7-11(19)8-6-10/h1-8H,9H2. The molecule has 6 heteroatoms. The molecule has 0 bridgehead atoms. The first-order valence-electron chi connectivity index (χ1n) is 6.69. The third-order valence-electron chi connectivity index (χ3n) is 3.22. The van der Waals surface area contributed by atoms with Crippen LogP contribution in [0.2, 0.25) is 5.02 Å². The molecule has 0 aliphatic heterocycles. The molecule has 0 atom stereocenters. The monoisotopic (exact) mass is 348 g/mol. The molecule has 0 unspecified atom stereocenters. The highest BCUT2D eigenvalue weighted by atomic mass is 35.5. The van der Waals surface area contributed by atoms with Crippen LogP contribution in [0.3, 0.4) is 0 Å². The summed E-state index contributed by atoms with van der Waals surface area (Å²) >= 11 is 7.40. The maximum Gasteiger partial charge on any atom is 0.350 e. The maximum absolute atomic E-state index is 12.8. The van der Waals surface area contributed by atoms with E-state index in [1.165, 1.54) is 35.6 Å². The Morgan fingerprint density at radius 3 is 2.48 bits per heavy atom. The molecule has 3 nitrogen and oxygen atoms in total. The van der Waals surface area contributed by atoms with Crippen LogP contribution in [-0.2, 0) is 4.74 Å². The summed E-state index contributed by atoms with van der Waals surface area (Å²) in [6.07, 6.45) is 0. The van der Waals surface area contributed by atoms with Gasteiger partial charge in [-0.05, 0) is 30.3 Å². The number of halogens is 2. The largest absolute Gasteiger partial charge is 0.453 e. The fraction of sp³-hybridized carbons (Fsp3) is 0.0588. The van der Waals surface area contributed by atoms with Crippen molar-refractivity contribution in [2.24, 2.45) is 0 Å². The summed E-state index contributed by atoms with van der Waals surface area (Å²) in [5, 5.41) is 1.10. The van der Waals surface area contributed by atoms with Gasteiger partial charge in [-0.3, -0.25) is 4.79 Å². The van der Waals surface area contributed by atoms with Gasteiger partial charge in [-0.2, -0.15) is 0 Å². The lowest BCUT2D eigenvalue weighted by Gasteiger charge is -2.03. The van der Waals surface area contributed by atoms with Gasteiger partial charge in [0.1, 0.15) is 10.7 Å². The average molecular weight is 349 g/mol. The van der Waals surface area contributed by atoms with E-state index in [1.54, 1.807) is 0 Å². The predicted octanol–water partition coefficient (Wildman–Crippen LogP) is 4.73. The number of benzene rings is 2. The van der Waals surface area contributed by atoms with Gasteiger partial charge in [0.05, 0.1) is 5.02 Å². The van der Waals surface area contributed by atoms with Crippen molar-refractivity contribution in [3.05, 3.63) is 69.8 Å². The summed E-state index contributed by atoms with van der Waals surface area (Å²) < 4.78 is 18.7. The Morgan fingerprint density at radius 1 is 1.09 bits per heavy atom. The Bertz CT molecular complexity index is 886. The van der Waals surface area contributed by atoms with Crippen LogP contribution in [0.1, 0.15) is 20.0 Å². The molecule has 0 fully saturated rings. The molecular formula is C17H10ClFO3S. The lowest BCUT2D eigenvalue weighted by atomic mass is 10.1. The summed E-state index contributed by atoms with van der Waals surface area (Å²) in [6.45, 7) is -0.422. The Balaban J connectivity index is 1.72. The molecule has 1 heterocycles. The minimum absolute atomic E-state index is 0.264. The molecule has 0 saturated heterocycles. The lowest BCUT2D eigenvalue weighted by molar-refractivity contribution is 0.0480. The quantitative estimate of drug-likeness (QED) is 0.505. The minimum atomic E-state index is -0.647. The smallest absolute Gasteiger partial charge is 0.350 e. The average Bonchev–Trinajstić information content (AvgIpc) is 2.90.